The summed E-state index contributed by atoms with van der Waals surface area (Å²) >= 11 is 8.93. The summed E-state index contributed by atoms with van der Waals surface area (Å²) in [6.45, 7) is 0.392. The first-order valence-corrected chi connectivity index (χ1v) is 13.4. The van der Waals surface area contributed by atoms with E-state index in [2.05, 4.69) is 10.3 Å². The number of nitrogens with one attached hydrogen (secondary N) is 1. The van der Waals surface area contributed by atoms with Crippen molar-refractivity contribution in [2.75, 3.05) is 18.2 Å². The van der Waals surface area contributed by atoms with Crippen LogP contribution in [0.1, 0.15) is 5.69 Å². The Bertz CT molecular complexity index is 1170. The van der Waals surface area contributed by atoms with Crippen LogP contribution in [0.5, 0.6) is 0 Å². The number of amides is 1. The molecule has 1 aromatic heterocycles. The third-order valence-electron chi connectivity index (χ3n) is 4.80. The fourth-order valence-corrected chi connectivity index (χ4v) is 7.51. The number of sulfonamides is 1. The Morgan fingerprint density at radius 3 is 2.77 bits per heavy atom. The van der Waals surface area contributed by atoms with Gasteiger partial charge in [0.2, 0.25) is 15.9 Å². The minimum atomic E-state index is -3.80. The van der Waals surface area contributed by atoms with Gasteiger partial charge in [-0.2, -0.15) is 4.31 Å². The standard InChI is InChI=1S/C21H20ClN3O3S3/c22-16-7-4-8-18(11-16)31(27,28)25-14-29-13-19(25)20(26)23-10-9-17-12-30-21(24-17)15-5-2-1-3-6-15/h1-8,11-12,19H,9-10,13-14H2,(H,23,26)/t19-/m1/s1. The van der Waals surface area contributed by atoms with Crippen molar-refractivity contribution < 1.29 is 13.2 Å². The molecule has 31 heavy (non-hydrogen) atoms. The molecule has 1 aliphatic rings. The van der Waals surface area contributed by atoms with Crippen molar-refractivity contribution in [3.63, 3.8) is 0 Å². The summed E-state index contributed by atoms with van der Waals surface area (Å²) < 4.78 is 27.2. The quantitative estimate of drug-likeness (QED) is 0.540. The van der Waals surface area contributed by atoms with Gasteiger partial charge in [-0.15, -0.1) is 23.1 Å². The van der Waals surface area contributed by atoms with Crippen LogP contribution < -0.4 is 5.32 Å². The second kappa shape index (κ2) is 9.70. The summed E-state index contributed by atoms with van der Waals surface area (Å²) in [4.78, 5) is 17.5. The third-order valence-corrected chi connectivity index (χ3v) is 9.00. The van der Waals surface area contributed by atoms with Crippen molar-refractivity contribution in [3.05, 3.63) is 70.7 Å². The molecule has 10 heteroatoms. The highest BCUT2D eigenvalue weighted by Gasteiger charge is 2.39. The van der Waals surface area contributed by atoms with Crippen molar-refractivity contribution in [1.29, 1.82) is 0 Å². The van der Waals surface area contributed by atoms with E-state index >= 15 is 0 Å². The molecule has 162 valence electrons. The molecule has 0 unspecified atom stereocenters. The maximum atomic E-state index is 13.0. The molecular weight excluding hydrogens is 474 g/mol. The zero-order chi connectivity index (χ0) is 21.8. The van der Waals surface area contributed by atoms with Crippen LogP contribution >= 0.6 is 34.7 Å². The average molecular weight is 494 g/mol. The van der Waals surface area contributed by atoms with Gasteiger partial charge in [0.05, 0.1) is 16.5 Å². The van der Waals surface area contributed by atoms with Crippen LogP contribution in [0.25, 0.3) is 10.6 Å². The molecule has 1 atom stereocenters. The summed E-state index contributed by atoms with van der Waals surface area (Å²) in [5.41, 5.74) is 1.96. The van der Waals surface area contributed by atoms with Gasteiger partial charge >= 0.3 is 0 Å². The van der Waals surface area contributed by atoms with E-state index in [0.29, 0.717) is 23.7 Å². The van der Waals surface area contributed by atoms with Gasteiger partial charge in [0, 0.05) is 34.7 Å². The van der Waals surface area contributed by atoms with E-state index in [9.17, 15) is 13.2 Å². The van der Waals surface area contributed by atoms with Gasteiger partial charge in [0.1, 0.15) is 11.0 Å². The Labute approximate surface area is 194 Å². The number of thiazole rings is 1. The molecule has 1 fully saturated rings. The number of thioether (sulfide) groups is 1. The zero-order valence-electron chi connectivity index (χ0n) is 16.4. The molecule has 0 saturated carbocycles. The predicted molar refractivity (Wildman–Crippen MR) is 126 cm³/mol. The molecule has 4 rings (SSSR count). The number of hydrogen-bond donors (Lipinski definition) is 1. The molecule has 0 bridgehead atoms. The van der Waals surface area contributed by atoms with E-state index in [-0.39, 0.29) is 16.7 Å². The van der Waals surface area contributed by atoms with Crippen LogP contribution in [0.2, 0.25) is 5.02 Å². The maximum absolute atomic E-state index is 13.0. The number of halogens is 1. The predicted octanol–water partition coefficient (Wildman–Crippen LogP) is 3.89. The van der Waals surface area contributed by atoms with Crippen molar-refractivity contribution in [3.8, 4) is 10.6 Å². The second-order valence-electron chi connectivity index (χ2n) is 6.92. The Morgan fingerprint density at radius 2 is 2.00 bits per heavy atom. The maximum Gasteiger partial charge on any atom is 0.244 e. The van der Waals surface area contributed by atoms with Gasteiger partial charge in [-0.1, -0.05) is 48.0 Å². The summed E-state index contributed by atoms with van der Waals surface area (Å²) in [6, 6.07) is 15.3. The third kappa shape index (κ3) is 5.12. The van der Waals surface area contributed by atoms with Crippen LogP contribution in [0.4, 0.5) is 0 Å². The van der Waals surface area contributed by atoms with E-state index in [0.717, 1.165) is 16.3 Å². The van der Waals surface area contributed by atoms with E-state index in [1.165, 1.54) is 28.2 Å². The lowest BCUT2D eigenvalue weighted by Gasteiger charge is -2.22. The van der Waals surface area contributed by atoms with Crippen molar-refractivity contribution in [2.45, 2.75) is 17.4 Å². The van der Waals surface area contributed by atoms with Crippen LogP contribution in [0.15, 0.2) is 64.9 Å². The molecule has 6 nitrogen and oxygen atoms in total. The monoisotopic (exact) mass is 493 g/mol. The Kier molecular flexibility index (Phi) is 6.98. The number of benzene rings is 2. The molecule has 3 aromatic rings. The fraction of sp³-hybridized carbons (Fsp3) is 0.238. The van der Waals surface area contributed by atoms with E-state index in [1.54, 1.807) is 23.5 Å². The molecular formula is C21H20ClN3O3S3. The van der Waals surface area contributed by atoms with Crippen LogP contribution in [-0.2, 0) is 21.2 Å². The zero-order valence-corrected chi connectivity index (χ0v) is 19.6. The van der Waals surface area contributed by atoms with Gasteiger partial charge in [-0.3, -0.25) is 4.79 Å². The number of nitrogens with zero attached hydrogens (tertiary/aromatic N) is 2. The highest BCUT2D eigenvalue weighted by atomic mass is 35.5. The van der Waals surface area contributed by atoms with Gasteiger partial charge in [0.15, 0.2) is 0 Å². The molecule has 0 radical (unpaired) electrons. The Morgan fingerprint density at radius 1 is 1.19 bits per heavy atom. The molecule has 1 amide bonds. The lowest BCUT2D eigenvalue weighted by Crippen LogP contribution is -2.47. The van der Waals surface area contributed by atoms with Crippen molar-refractivity contribution >= 4 is 50.6 Å². The van der Waals surface area contributed by atoms with E-state index in [4.69, 9.17) is 11.6 Å². The lowest BCUT2D eigenvalue weighted by molar-refractivity contribution is -0.123. The van der Waals surface area contributed by atoms with Crippen LogP contribution in [0, 0.1) is 0 Å². The summed E-state index contributed by atoms with van der Waals surface area (Å²) in [6.07, 6.45) is 0.579. The summed E-state index contributed by atoms with van der Waals surface area (Å²) in [7, 11) is -3.80. The van der Waals surface area contributed by atoms with Crippen LogP contribution in [0.3, 0.4) is 0 Å². The fourth-order valence-electron chi connectivity index (χ4n) is 3.20. The molecule has 1 saturated heterocycles. The van der Waals surface area contributed by atoms with Gasteiger partial charge in [0.25, 0.3) is 0 Å². The molecule has 0 spiro atoms. The average Bonchev–Trinajstić information content (AvgIpc) is 3.45. The minimum Gasteiger partial charge on any atom is -0.354 e. The number of carbonyl (C=O) groups excluding carboxylic acids is 1. The molecule has 2 heterocycles. The molecule has 1 aliphatic heterocycles. The second-order valence-corrected chi connectivity index (χ2v) is 11.1. The van der Waals surface area contributed by atoms with E-state index < -0.39 is 16.1 Å². The smallest absolute Gasteiger partial charge is 0.244 e. The SMILES string of the molecule is O=C(NCCc1csc(-c2ccccc2)n1)[C@H]1CSCN1S(=O)(=O)c1cccc(Cl)c1. The first-order valence-electron chi connectivity index (χ1n) is 9.58. The van der Waals surface area contributed by atoms with Gasteiger partial charge in [-0.25, -0.2) is 13.4 Å². The lowest BCUT2D eigenvalue weighted by atomic mass is 10.2. The number of aromatic nitrogens is 1. The van der Waals surface area contributed by atoms with Crippen molar-refractivity contribution in [2.24, 2.45) is 0 Å². The number of hydrogen-bond acceptors (Lipinski definition) is 6. The molecule has 1 N–H and O–H groups in total. The van der Waals surface area contributed by atoms with Crippen LogP contribution in [-0.4, -0.2) is 47.8 Å². The summed E-state index contributed by atoms with van der Waals surface area (Å²) in [5, 5.41) is 6.13. The molecule has 0 aliphatic carbocycles. The first-order chi connectivity index (χ1) is 14.9. The highest BCUT2D eigenvalue weighted by molar-refractivity contribution is 8.00. The first kappa shape index (κ1) is 22.3. The topological polar surface area (TPSA) is 79.4 Å². The minimum absolute atomic E-state index is 0.0937. The normalized spacial score (nSPS) is 17.0. The Balaban J connectivity index is 1.37. The number of rotatable bonds is 7. The van der Waals surface area contributed by atoms with Gasteiger partial charge < -0.3 is 5.32 Å². The van der Waals surface area contributed by atoms with Crippen molar-refractivity contribution in [1.82, 2.24) is 14.6 Å². The number of carbonyl (C=O) groups is 1. The highest BCUT2D eigenvalue weighted by Crippen LogP contribution is 2.29. The Hall–Kier alpha value is -1.91. The largest absolute Gasteiger partial charge is 0.354 e. The van der Waals surface area contributed by atoms with E-state index in [1.807, 2.05) is 35.7 Å². The van der Waals surface area contributed by atoms with Gasteiger partial charge in [-0.05, 0) is 18.2 Å². The summed E-state index contributed by atoms with van der Waals surface area (Å²) in [5.74, 6) is 0.356. The molecule has 2 aromatic carbocycles.